The average Bonchev–Trinajstić information content (AvgIpc) is 2.54. The van der Waals surface area contributed by atoms with Crippen LogP contribution >= 0.6 is 0 Å². The Morgan fingerprint density at radius 3 is 2.43 bits per heavy atom. The van der Waals surface area contributed by atoms with Crippen LogP contribution in [0.1, 0.15) is 11.1 Å². The predicted molar refractivity (Wildman–Crippen MR) is 80.8 cm³/mol. The Bertz CT molecular complexity index is 662. The van der Waals surface area contributed by atoms with Gasteiger partial charge in [-0.1, -0.05) is 42.5 Å². The van der Waals surface area contributed by atoms with E-state index in [4.69, 9.17) is 15.6 Å². The summed E-state index contributed by atoms with van der Waals surface area (Å²) in [7, 11) is 0. The van der Waals surface area contributed by atoms with Crippen molar-refractivity contribution in [3.05, 3.63) is 71.6 Å². The van der Waals surface area contributed by atoms with E-state index >= 15 is 0 Å². The number of hydrogen-bond donors (Lipinski definition) is 2. The molecular formula is C17H16F2NO3. The molecule has 0 aliphatic carbocycles. The molecule has 0 atom stereocenters. The van der Waals surface area contributed by atoms with Crippen molar-refractivity contribution in [2.75, 3.05) is 6.61 Å². The molecule has 2 aromatic carbocycles. The van der Waals surface area contributed by atoms with Gasteiger partial charge in [0.15, 0.2) is 5.92 Å². The van der Waals surface area contributed by atoms with E-state index in [1.165, 1.54) is 18.2 Å². The van der Waals surface area contributed by atoms with Crippen LogP contribution in [0, 0.1) is 5.92 Å². The molecule has 2 aromatic rings. The maximum absolute atomic E-state index is 13.7. The molecule has 0 spiro atoms. The van der Waals surface area contributed by atoms with Gasteiger partial charge in [0.05, 0.1) is 0 Å². The highest BCUT2D eigenvalue weighted by Gasteiger charge is 2.45. The highest BCUT2D eigenvalue weighted by atomic mass is 19.3. The largest absolute Gasteiger partial charge is 0.489 e. The lowest BCUT2D eigenvalue weighted by atomic mass is 9.92. The molecule has 0 saturated heterocycles. The summed E-state index contributed by atoms with van der Waals surface area (Å²) in [4.78, 5) is 11.3. The molecule has 23 heavy (non-hydrogen) atoms. The molecule has 3 N–H and O–H groups in total. The first kappa shape index (κ1) is 16.9. The molecule has 2 rings (SSSR count). The number of nitrogens with two attached hydrogens (primary N) is 1. The maximum Gasteiger partial charge on any atom is 0.290 e. The number of rotatable bonds is 7. The molecule has 0 aromatic heterocycles. The summed E-state index contributed by atoms with van der Waals surface area (Å²) >= 11 is 0. The Labute approximate surface area is 132 Å². The monoisotopic (exact) mass is 320 g/mol. The number of carbonyl (C=O) groups excluding carboxylic acids is 1. The molecule has 1 amide bonds. The molecule has 0 unspecified atom stereocenters. The minimum absolute atomic E-state index is 0.0814. The SMILES string of the molecule is NC(=O)[C](c1cccc(OCc2ccccc2)c1)C(F)(F)CO. The molecule has 0 saturated carbocycles. The number of hydrogen-bond acceptors (Lipinski definition) is 3. The van der Waals surface area contributed by atoms with Gasteiger partial charge in [-0.05, 0) is 23.3 Å². The van der Waals surface area contributed by atoms with Crippen molar-refractivity contribution in [2.45, 2.75) is 12.5 Å². The lowest BCUT2D eigenvalue weighted by Gasteiger charge is -2.22. The standard InChI is InChI=1S/C17H16F2NO3/c18-17(19,11-21)15(16(20)22)13-7-4-8-14(9-13)23-10-12-5-2-1-3-6-12/h1-9,21H,10-11H2,(H2,20,22). The van der Waals surface area contributed by atoms with E-state index in [9.17, 15) is 13.6 Å². The number of carbonyl (C=O) groups is 1. The lowest BCUT2D eigenvalue weighted by molar-refractivity contribution is -0.122. The minimum Gasteiger partial charge on any atom is -0.489 e. The molecule has 0 bridgehead atoms. The second-order valence-electron chi connectivity index (χ2n) is 4.90. The molecule has 6 heteroatoms. The third kappa shape index (κ3) is 4.26. The smallest absolute Gasteiger partial charge is 0.290 e. The summed E-state index contributed by atoms with van der Waals surface area (Å²) in [5, 5.41) is 8.79. The van der Waals surface area contributed by atoms with Crippen molar-refractivity contribution in [3.63, 3.8) is 0 Å². The number of aliphatic hydroxyl groups excluding tert-OH is 1. The van der Waals surface area contributed by atoms with Crippen LogP contribution in [-0.4, -0.2) is 23.5 Å². The van der Waals surface area contributed by atoms with Gasteiger partial charge in [0, 0.05) is 0 Å². The van der Waals surface area contributed by atoms with Crippen LogP contribution in [0.3, 0.4) is 0 Å². The number of benzene rings is 2. The number of alkyl halides is 2. The molecule has 1 radical (unpaired) electrons. The van der Waals surface area contributed by atoms with Gasteiger partial charge in [-0.15, -0.1) is 0 Å². The van der Waals surface area contributed by atoms with Crippen LogP contribution in [0.25, 0.3) is 0 Å². The van der Waals surface area contributed by atoms with Gasteiger partial charge in [-0.25, -0.2) is 8.78 Å². The van der Waals surface area contributed by atoms with E-state index in [0.717, 1.165) is 5.56 Å². The zero-order valence-electron chi connectivity index (χ0n) is 12.2. The number of amides is 1. The highest BCUT2D eigenvalue weighted by Crippen LogP contribution is 2.33. The third-order valence-electron chi connectivity index (χ3n) is 3.18. The molecule has 4 nitrogen and oxygen atoms in total. The van der Waals surface area contributed by atoms with E-state index in [0.29, 0.717) is 5.75 Å². The Balaban J connectivity index is 2.19. The number of aliphatic hydroxyl groups is 1. The van der Waals surface area contributed by atoms with Gasteiger partial charge in [0.1, 0.15) is 19.0 Å². The van der Waals surface area contributed by atoms with Gasteiger partial charge < -0.3 is 15.6 Å². The summed E-state index contributed by atoms with van der Waals surface area (Å²) in [6.45, 7) is -1.24. The van der Waals surface area contributed by atoms with E-state index in [1.54, 1.807) is 6.07 Å². The van der Waals surface area contributed by atoms with Crippen LogP contribution < -0.4 is 10.5 Å². The molecule has 0 fully saturated rings. The van der Waals surface area contributed by atoms with Crippen molar-refractivity contribution >= 4 is 5.91 Å². The normalized spacial score (nSPS) is 11.5. The van der Waals surface area contributed by atoms with Crippen LogP contribution in [0.2, 0.25) is 0 Å². The van der Waals surface area contributed by atoms with E-state index in [1.807, 2.05) is 30.3 Å². The number of ether oxygens (including phenoxy) is 1. The van der Waals surface area contributed by atoms with E-state index in [2.05, 4.69) is 0 Å². The van der Waals surface area contributed by atoms with Crippen LogP contribution in [0.15, 0.2) is 54.6 Å². The van der Waals surface area contributed by atoms with Crippen molar-refractivity contribution in [1.29, 1.82) is 0 Å². The van der Waals surface area contributed by atoms with Gasteiger partial charge in [0.2, 0.25) is 5.91 Å². The summed E-state index contributed by atoms with van der Waals surface area (Å²) < 4.78 is 33.0. The van der Waals surface area contributed by atoms with Gasteiger partial charge in [0.25, 0.3) is 5.92 Å². The molecular weight excluding hydrogens is 304 g/mol. The first-order valence-electron chi connectivity index (χ1n) is 6.87. The predicted octanol–water partition coefficient (Wildman–Crippen LogP) is 2.30. The quantitative estimate of drug-likeness (QED) is 0.822. The van der Waals surface area contributed by atoms with Gasteiger partial charge in [-0.3, -0.25) is 4.79 Å². The topological polar surface area (TPSA) is 72.6 Å². The Kier molecular flexibility index (Phi) is 5.28. The van der Waals surface area contributed by atoms with Crippen molar-refractivity contribution in [2.24, 2.45) is 5.73 Å². The fourth-order valence-corrected chi connectivity index (χ4v) is 2.10. The third-order valence-corrected chi connectivity index (χ3v) is 3.18. The van der Waals surface area contributed by atoms with Gasteiger partial charge in [-0.2, -0.15) is 0 Å². The van der Waals surface area contributed by atoms with E-state index < -0.39 is 24.4 Å². The van der Waals surface area contributed by atoms with E-state index in [-0.39, 0.29) is 12.2 Å². The molecule has 0 heterocycles. The Morgan fingerprint density at radius 1 is 1.13 bits per heavy atom. The van der Waals surface area contributed by atoms with Crippen molar-refractivity contribution in [3.8, 4) is 5.75 Å². The number of halogens is 2. The average molecular weight is 320 g/mol. The van der Waals surface area contributed by atoms with Gasteiger partial charge >= 0.3 is 0 Å². The van der Waals surface area contributed by atoms with Crippen LogP contribution in [0.5, 0.6) is 5.75 Å². The first-order chi connectivity index (χ1) is 10.9. The second-order valence-corrected chi connectivity index (χ2v) is 4.90. The first-order valence-corrected chi connectivity index (χ1v) is 6.87. The Hall–Kier alpha value is -2.47. The lowest BCUT2D eigenvalue weighted by Crippen LogP contribution is -2.40. The summed E-state index contributed by atoms with van der Waals surface area (Å²) in [6.07, 6.45) is 0. The fourth-order valence-electron chi connectivity index (χ4n) is 2.10. The second kappa shape index (κ2) is 7.19. The van der Waals surface area contributed by atoms with Crippen molar-refractivity contribution < 1.29 is 23.4 Å². The molecule has 121 valence electrons. The highest BCUT2D eigenvalue weighted by molar-refractivity contribution is 5.94. The zero-order chi connectivity index (χ0) is 16.9. The van der Waals surface area contributed by atoms with Crippen LogP contribution in [0.4, 0.5) is 8.78 Å². The Morgan fingerprint density at radius 2 is 1.83 bits per heavy atom. The van der Waals surface area contributed by atoms with Crippen molar-refractivity contribution in [1.82, 2.24) is 0 Å². The molecule has 0 aliphatic rings. The molecule has 0 aliphatic heterocycles. The maximum atomic E-state index is 13.7. The number of primary amides is 1. The summed E-state index contributed by atoms with van der Waals surface area (Å²) in [6, 6.07) is 15.0. The summed E-state index contributed by atoms with van der Waals surface area (Å²) in [5.74, 6) is -5.63. The minimum atomic E-state index is -3.72. The summed E-state index contributed by atoms with van der Waals surface area (Å²) in [5.41, 5.74) is 5.87. The fraction of sp³-hybridized carbons (Fsp3) is 0.176. The zero-order valence-corrected chi connectivity index (χ0v) is 12.2. The van der Waals surface area contributed by atoms with Crippen LogP contribution in [-0.2, 0) is 11.4 Å².